The van der Waals surface area contributed by atoms with Crippen LogP contribution in [0.5, 0.6) is 0 Å². The molecule has 0 aliphatic carbocycles. The number of aliphatic hydroxyl groups is 2. The van der Waals surface area contributed by atoms with Crippen LogP contribution in [0.15, 0.2) is 53.4 Å². The minimum atomic E-state index is -4.41. The molecule has 0 saturated carbocycles. The number of piperazine rings is 1. The van der Waals surface area contributed by atoms with E-state index in [0.29, 0.717) is 5.56 Å². The van der Waals surface area contributed by atoms with Gasteiger partial charge in [-0.1, -0.05) is 18.2 Å². The largest absolute Gasteiger partial charge is 0.478 e. The van der Waals surface area contributed by atoms with Crippen LogP contribution in [0.3, 0.4) is 0 Å². The Labute approximate surface area is 275 Å². The van der Waals surface area contributed by atoms with E-state index in [1.807, 2.05) is 4.90 Å². The maximum Gasteiger partial charge on any atom is 0.335 e. The van der Waals surface area contributed by atoms with Crippen LogP contribution in [0, 0.1) is 5.82 Å². The molecule has 2 aromatic rings. The number of ether oxygens (including phenoxy) is 1. The van der Waals surface area contributed by atoms with Gasteiger partial charge < -0.3 is 35.6 Å². The first-order valence-electron chi connectivity index (χ1n) is 15.5. The Morgan fingerprint density at radius 1 is 0.979 bits per heavy atom. The van der Waals surface area contributed by atoms with E-state index >= 15 is 0 Å². The second-order valence-corrected chi connectivity index (χ2v) is 14.4. The Balaban J connectivity index is 1.32. The molecule has 5 N–H and O–H groups in total. The van der Waals surface area contributed by atoms with Crippen molar-refractivity contribution in [2.24, 2.45) is 0 Å². The van der Waals surface area contributed by atoms with Crippen molar-refractivity contribution in [3.8, 4) is 0 Å². The number of aromatic carboxylic acids is 1. The van der Waals surface area contributed by atoms with E-state index in [9.17, 15) is 47.3 Å². The van der Waals surface area contributed by atoms with Crippen molar-refractivity contribution >= 4 is 33.7 Å². The third-order valence-corrected chi connectivity index (χ3v) is 11.2. The van der Waals surface area contributed by atoms with Gasteiger partial charge in [0.2, 0.25) is 27.7 Å². The van der Waals surface area contributed by atoms with Crippen molar-refractivity contribution < 1.29 is 52.0 Å². The monoisotopic (exact) mass is 689 g/mol. The summed E-state index contributed by atoms with van der Waals surface area (Å²) >= 11 is 0. The molecule has 4 saturated heterocycles. The predicted octanol–water partition coefficient (Wildman–Crippen LogP) is -1.51. The van der Waals surface area contributed by atoms with Crippen molar-refractivity contribution in [1.29, 1.82) is 0 Å². The second-order valence-electron chi connectivity index (χ2n) is 12.5. The van der Waals surface area contributed by atoms with Gasteiger partial charge in [0, 0.05) is 45.3 Å². The molecule has 17 heteroatoms. The first kappa shape index (κ1) is 33.9. The summed E-state index contributed by atoms with van der Waals surface area (Å²) in [4.78, 5) is 55.1. The normalized spacial score (nSPS) is 30.6. The van der Waals surface area contributed by atoms with E-state index in [0.717, 1.165) is 16.4 Å². The van der Waals surface area contributed by atoms with Gasteiger partial charge in [-0.2, -0.15) is 4.31 Å². The van der Waals surface area contributed by atoms with Gasteiger partial charge in [-0.15, -0.1) is 0 Å². The Bertz CT molecular complexity index is 1690. The van der Waals surface area contributed by atoms with E-state index in [-0.39, 0.29) is 62.6 Å². The summed E-state index contributed by atoms with van der Waals surface area (Å²) in [7, 11) is -4.41. The fourth-order valence-corrected chi connectivity index (χ4v) is 8.42. The van der Waals surface area contributed by atoms with E-state index in [1.54, 1.807) is 12.1 Å². The number of hydrogen-bond acceptors (Lipinski definition) is 10. The van der Waals surface area contributed by atoms with Crippen LogP contribution in [0.2, 0.25) is 0 Å². The van der Waals surface area contributed by atoms with Gasteiger partial charge in [-0.3, -0.25) is 19.3 Å². The summed E-state index contributed by atoms with van der Waals surface area (Å²) in [5, 5.41) is 36.0. The van der Waals surface area contributed by atoms with E-state index in [1.165, 1.54) is 29.2 Å². The second kappa shape index (κ2) is 13.5. The quantitative estimate of drug-likeness (QED) is 0.244. The number of carbonyl (C=O) groups excluding carboxylic acids is 3. The summed E-state index contributed by atoms with van der Waals surface area (Å²) < 4.78 is 48.2. The van der Waals surface area contributed by atoms with Gasteiger partial charge in [0.1, 0.15) is 30.2 Å². The number of hydrogen-bond donors (Lipinski definition) is 5. The topological polar surface area (TPSA) is 206 Å². The Morgan fingerprint density at radius 2 is 1.71 bits per heavy atom. The number of likely N-dealkylation sites (tertiary alicyclic amines) is 1. The summed E-state index contributed by atoms with van der Waals surface area (Å²) in [6, 6.07) is 7.79. The highest BCUT2D eigenvalue weighted by molar-refractivity contribution is 7.89. The van der Waals surface area contributed by atoms with Crippen molar-refractivity contribution in [2.75, 3.05) is 32.7 Å². The predicted molar refractivity (Wildman–Crippen MR) is 163 cm³/mol. The van der Waals surface area contributed by atoms with Gasteiger partial charge >= 0.3 is 5.97 Å². The molecular formula is C31H36FN5O10S. The van der Waals surface area contributed by atoms with Gasteiger partial charge in [0.15, 0.2) is 0 Å². The number of fused-ring (bicyclic) bond motifs is 6. The van der Waals surface area contributed by atoms with Gasteiger partial charge in [-0.25, -0.2) is 17.6 Å². The lowest BCUT2D eigenvalue weighted by atomic mass is 10.0. The van der Waals surface area contributed by atoms with Crippen LogP contribution in [0.1, 0.15) is 28.8 Å². The molecule has 7 atom stereocenters. The van der Waals surface area contributed by atoms with Crippen molar-refractivity contribution in [2.45, 2.75) is 66.8 Å². The number of aliphatic hydroxyl groups excluding tert-OH is 2. The first-order chi connectivity index (χ1) is 22.8. The van der Waals surface area contributed by atoms with Gasteiger partial charge in [0.25, 0.3) is 0 Å². The van der Waals surface area contributed by atoms with Gasteiger partial charge in [-0.05, 0) is 42.3 Å². The molecular weight excluding hydrogens is 653 g/mol. The zero-order valence-corrected chi connectivity index (χ0v) is 26.5. The van der Waals surface area contributed by atoms with Crippen molar-refractivity contribution in [1.82, 2.24) is 24.7 Å². The highest BCUT2D eigenvalue weighted by atomic mass is 32.2. The Kier molecular flexibility index (Phi) is 9.52. The summed E-state index contributed by atoms with van der Waals surface area (Å²) in [5.74, 6) is -3.53. The standard InChI is InChI=1S/C31H36FN5O10S/c32-19-2-1-3-21(10-19)48(45,46)37-9-8-35-16-23(37)29(41)33-13-25-28(40)27(39)24(47-25)12-26(38)34-20-11-22(30(35)42)36(15-20)14-17-4-6-18(7-5-17)31(43)44/h1-7,10,20,22-25,27-28,39-40H,8-9,11-16H2,(H,33,41)(H,34,38)(H,43,44)/t20-,22-,23-,24-,25+,27-,28+/m0/s1. The Morgan fingerprint density at radius 3 is 2.42 bits per heavy atom. The molecule has 6 bridgehead atoms. The molecule has 4 aliphatic rings. The number of halogens is 1. The van der Waals surface area contributed by atoms with Crippen molar-refractivity contribution in [3.05, 3.63) is 65.5 Å². The smallest absolute Gasteiger partial charge is 0.335 e. The molecule has 0 aromatic heterocycles. The number of benzene rings is 2. The molecule has 48 heavy (non-hydrogen) atoms. The van der Waals surface area contributed by atoms with Crippen LogP contribution >= 0.6 is 0 Å². The van der Waals surface area contributed by atoms with Gasteiger partial charge in [0.05, 0.1) is 29.0 Å². The molecule has 4 heterocycles. The highest BCUT2D eigenvalue weighted by Gasteiger charge is 2.48. The number of carboxylic acid groups (broad SMARTS) is 1. The minimum absolute atomic E-state index is 0.0792. The molecule has 15 nitrogen and oxygen atoms in total. The van der Waals surface area contributed by atoms with Crippen LogP contribution in [0.25, 0.3) is 0 Å². The number of nitrogens with one attached hydrogen (secondary N) is 2. The summed E-state index contributed by atoms with van der Waals surface area (Å²) in [6.45, 7) is -0.571. The average molecular weight is 690 g/mol. The van der Waals surface area contributed by atoms with Crippen LogP contribution in [-0.2, 0) is 35.7 Å². The zero-order chi connectivity index (χ0) is 34.3. The zero-order valence-electron chi connectivity index (χ0n) is 25.6. The lowest BCUT2D eigenvalue weighted by Crippen LogP contribution is -2.63. The molecule has 0 radical (unpaired) electrons. The molecule has 2 aromatic carbocycles. The molecule has 4 aliphatic heterocycles. The van der Waals surface area contributed by atoms with Crippen LogP contribution < -0.4 is 10.6 Å². The molecule has 258 valence electrons. The Hall–Kier alpha value is -4.00. The van der Waals surface area contributed by atoms with Crippen LogP contribution in [0.4, 0.5) is 4.39 Å². The maximum absolute atomic E-state index is 14.2. The van der Waals surface area contributed by atoms with E-state index < -0.39 is 82.1 Å². The van der Waals surface area contributed by atoms with E-state index in [4.69, 9.17) is 4.74 Å². The maximum atomic E-state index is 14.2. The third kappa shape index (κ3) is 6.79. The molecule has 0 spiro atoms. The number of carboxylic acids is 1. The number of carbonyl (C=O) groups is 4. The number of nitrogens with zero attached hydrogens (tertiary/aromatic N) is 3. The minimum Gasteiger partial charge on any atom is -0.478 e. The van der Waals surface area contributed by atoms with Crippen molar-refractivity contribution in [3.63, 3.8) is 0 Å². The lowest BCUT2D eigenvalue weighted by Gasteiger charge is -2.41. The number of rotatable bonds is 5. The molecule has 6 rings (SSSR count). The van der Waals surface area contributed by atoms with E-state index in [2.05, 4.69) is 10.6 Å². The summed E-state index contributed by atoms with van der Waals surface area (Å²) in [6.07, 6.45) is -5.21. The average Bonchev–Trinajstić information content (AvgIpc) is 3.57. The fraction of sp³-hybridized carbons (Fsp3) is 0.484. The lowest BCUT2D eigenvalue weighted by molar-refractivity contribution is -0.140. The van der Waals surface area contributed by atoms with Crippen LogP contribution in [-0.4, -0.2) is 137 Å². The molecule has 3 amide bonds. The SMILES string of the molecule is O=C1C[C@@H]2O[C@H](CNC(=O)[C@@H]3CN(CCN3S(=O)(=O)c3cccc(F)c3)C(=O)[C@@H]3C[C@@H](CN3Cc3ccc(C(=O)O)cc3)N1)[C@@H](O)[C@H]2O. The fourth-order valence-electron chi connectivity index (χ4n) is 6.82. The summed E-state index contributed by atoms with van der Waals surface area (Å²) in [5.41, 5.74) is 0.802. The number of amides is 3. The highest BCUT2D eigenvalue weighted by Crippen LogP contribution is 2.29. The third-order valence-electron chi connectivity index (χ3n) is 9.31. The number of sulfonamides is 1. The molecule has 0 unspecified atom stereocenters. The first-order valence-corrected chi connectivity index (χ1v) is 17.0. The molecule has 4 fully saturated rings.